The monoisotopic (exact) mass is 611 g/mol. The van der Waals surface area contributed by atoms with Crippen molar-refractivity contribution in [3.05, 3.63) is 65.7 Å². The molecular formula is C29H29N3O8S2. The van der Waals surface area contributed by atoms with Gasteiger partial charge in [0.1, 0.15) is 10.7 Å². The smallest absolute Gasteiger partial charge is 0.365 e. The van der Waals surface area contributed by atoms with E-state index in [0.717, 1.165) is 5.56 Å². The van der Waals surface area contributed by atoms with Crippen LogP contribution in [-0.4, -0.2) is 70.3 Å². The highest BCUT2D eigenvalue weighted by molar-refractivity contribution is 8.01. The molecule has 0 N–H and O–H groups in total. The van der Waals surface area contributed by atoms with Crippen molar-refractivity contribution in [2.75, 3.05) is 48.4 Å². The molecule has 0 aliphatic rings. The molecule has 11 nitrogen and oxygen atoms in total. The Balaban J connectivity index is 1.65. The topological polar surface area (TPSA) is 120 Å². The van der Waals surface area contributed by atoms with Crippen molar-refractivity contribution in [1.82, 2.24) is 10.2 Å². The number of oxime groups is 1. The van der Waals surface area contributed by atoms with Gasteiger partial charge in [0.2, 0.25) is 11.5 Å². The molecule has 0 saturated heterocycles. The molecule has 3 aromatic carbocycles. The summed E-state index contributed by atoms with van der Waals surface area (Å²) in [6.07, 6.45) is 0. The molecular weight excluding hydrogens is 582 g/mol. The Labute approximate surface area is 251 Å². The summed E-state index contributed by atoms with van der Waals surface area (Å²) in [5.74, 6) is 2.39. The molecule has 0 fully saturated rings. The van der Waals surface area contributed by atoms with Crippen molar-refractivity contribution in [2.45, 2.75) is 4.34 Å². The van der Waals surface area contributed by atoms with Gasteiger partial charge in [-0.1, -0.05) is 46.5 Å². The molecule has 0 spiro atoms. The summed E-state index contributed by atoms with van der Waals surface area (Å²) in [6, 6.07) is 15.7. The number of carbonyl (C=O) groups is 1. The second-order valence-electron chi connectivity index (χ2n) is 8.24. The third kappa shape index (κ3) is 6.69. The zero-order valence-corrected chi connectivity index (χ0v) is 25.5. The van der Waals surface area contributed by atoms with E-state index in [4.69, 9.17) is 33.3 Å². The number of rotatable bonds is 13. The van der Waals surface area contributed by atoms with Gasteiger partial charge in [0.15, 0.2) is 27.3 Å². The molecule has 220 valence electrons. The Morgan fingerprint density at radius 1 is 0.762 bits per heavy atom. The van der Waals surface area contributed by atoms with E-state index in [1.165, 1.54) is 44.4 Å². The standard InChI is InChI=1S/C29H29N3O8S2/c1-34-21-13-12-19(24(37-4)26(21)39-6)20(32-40-28(33)17-10-8-7-9-11-17)16-41-29-31-30-27(42-29)18-14-22(35-2)25(38-5)23(15-18)36-3/h7-15H,16H2,1-6H3/b32-20+. The third-order valence-corrected chi connectivity index (χ3v) is 8.03. The van der Waals surface area contributed by atoms with E-state index in [9.17, 15) is 4.79 Å². The van der Waals surface area contributed by atoms with Gasteiger partial charge in [0.05, 0.1) is 48.2 Å². The number of methoxy groups -OCH3 is 6. The summed E-state index contributed by atoms with van der Waals surface area (Å²) < 4.78 is 33.6. The Bertz CT molecular complexity index is 1530. The van der Waals surface area contributed by atoms with Crippen LogP contribution in [0.5, 0.6) is 34.5 Å². The Morgan fingerprint density at radius 3 is 2.00 bits per heavy atom. The first kappa shape index (κ1) is 30.5. The van der Waals surface area contributed by atoms with Crippen LogP contribution >= 0.6 is 23.1 Å². The van der Waals surface area contributed by atoms with Crippen molar-refractivity contribution in [3.8, 4) is 45.1 Å². The van der Waals surface area contributed by atoms with Gasteiger partial charge in [-0.2, -0.15) is 0 Å². The molecule has 4 aromatic rings. The van der Waals surface area contributed by atoms with Crippen molar-refractivity contribution in [3.63, 3.8) is 0 Å². The van der Waals surface area contributed by atoms with Gasteiger partial charge < -0.3 is 33.3 Å². The van der Waals surface area contributed by atoms with E-state index >= 15 is 0 Å². The fraction of sp³-hybridized carbons (Fsp3) is 0.241. The maximum absolute atomic E-state index is 12.7. The Kier molecular flexibility index (Phi) is 10.5. The van der Waals surface area contributed by atoms with Crippen LogP contribution in [0.25, 0.3) is 10.6 Å². The van der Waals surface area contributed by atoms with Crippen LogP contribution in [-0.2, 0) is 4.84 Å². The molecule has 0 amide bonds. The van der Waals surface area contributed by atoms with Crippen LogP contribution in [0.1, 0.15) is 15.9 Å². The first-order chi connectivity index (χ1) is 20.5. The number of thioether (sulfide) groups is 1. The fourth-order valence-electron chi connectivity index (χ4n) is 3.92. The van der Waals surface area contributed by atoms with Gasteiger partial charge in [-0.05, 0) is 36.4 Å². The zero-order valence-electron chi connectivity index (χ0n) is 23.8. The zero-order chi connectivity index (χ0) is 30.1. The minimum absolute atomic E-state index is 0.262. The van der Waals surface area contributed by atoms with Crippen LogP contribution in [0, 0.1) is 0 Å². The summed E-state index contributed by atoms with van der Waals surface area (Å²) in [5.41, 5.74) is 2.08. The highest BCUT2D eigenvalue weighted by Crippen LogP contribution is 2.43. The van der Waals surface area contributed by atoms with E-state index < -0.39 is 5.97 Å². The van der Waals surface area contributed by atoms with Crippen molar-refractivity contribution < 1.29 is 38.1 Å². The lowest BCUT2D eigenvalue weighted by Gasteiger charge is -2.16. The van der Waals surface area contributed by atoms with Crippen molar-refractivity contribution >= 4 is 34.8 Å². The third-order valence-electron chi connectivity index (χ3n) is 5.91. The SMILES string of the molecule is COc1cc(-c2nnc(SC/C(=N\OC(=O)c3ccccc3)c3ccc(OC)c(OC)c3OC)s2)cc(OC)c1OC. The lowest BCUT2D eigenvalue weighted by Crippen LogP contribution is -2.11. The lowest BCUT2D eigenvalue weighted by atomic mass is 10.1. The second kappa shape index (κ2) is 14.4. The van der Waals surface area contributed by atoms with Crippen molar-refractivity contribution in [1.29, 1.82) is 0 Å². The minimum Gasteiger partial charge on any atom is -0.493 e. The van der Waals surface area contributed by atoms with Crippen LogP contribution in [0.3, 0.4) is 0 Å². The predicted molar refractivity (Wildman–Crippen MR) is 160 cm³/mol. The highest BCUT2D eigenvalue weighted by Gasteiger charge is 2.22. The number of hydrogen-bond acceptors (Lipinski definition) is 13. The maximum Gasteiger partial charge on any atom is 0.365 e. The normalized spacial score (nSPS) is 11.0. The molecule has 1 aromatic heterocycles. The van der Waals surface area contributed by atoms with Crippen LogP contribution in [0.2, 0.25) is 0 Å². The molecule has 0 atom stereocenters. The molecule has 0 aliphatic heterocycles. The van der Waals surface area contributed by atoms with Gasteiger partial charge >= 0.3 is 5.97 Å². The van der Waals surface area contributed by atoms with Crippen LogP contribution in [0.4, 0.5) is 0 Å². The summed E-state index contributed by atoms with van der Waals surface area (Å²) in [7, 11) is 9.20. The van der Waals surface area contributed by atoms with E-state index in [0.29, 0.717) is 60.7 Å². The Hall–Kier alpha value is -4.49. The molecule has 4 rings (SSSR count). The van der Waals surface area contributed by atoms with E-state index in [-0.39, 0.29) is 5.75 Å². The first-order valence-electron chi connectivity index (χ1n) is 12.4. The first-order valence-corrected chi connectivity index (χ1v) is 14.2. The van der Waals surface area contributed by atoms with Crippen LogP contribution < -0.4 is 28.4 Å². The summed E-state index contributed by atoms with van der Waals surface area (Å²) >= 11 is 2.73. The maximum atomic E-state index is 12.7. The van der Waals surface area contributed by atoms with E-state index in [1.807, 2.05) is 6.07 Å². The summed E-state index contributed by atoms with van der Waals surface area (Å²) in [5, 5.41) is 13.6. The molecule has 42 heavy (non-hydrogen) atoms. The Morgan fingerprint density at radius 2 is 1.40 bits per heavy atom. The number of hydrogen-bond donors (Lipinski definition) is 0. The molecule has 1 heterocycles. The average Bonchev–Trinajstić information content (AvgIpc) is 3.52. The second-order valence-corrected chi connectivity index (χ2v) is 10.4. The molecule has 0 radical (unpaired) electrons. The van der Waals surface area contributed by atoms with Gasteiger partial charge in [0, 0.05) is 16.9 Å². The molecule has 13 heteroatoms. The largest absolute Gasteiger partial charge is 0.493 e. The number of ether oxygens (including phenoxy) is 6. The lowest BCUT2D eigenvalue weighted by molar-refractivity contribution is 0.0516. The van der Waals surface area contributed by atoms with Gasteiger partial charge in [-0.15, -0.1) is 10.2 Å². The average molecular weight is 612 g/mol. The molecule has 0 bridgehead atoms. The summed E-state index contributed by atoms with van der Waals surface area (Å²) in [4.78, 5) is 18.0. The fourth-order valence-corrected chi connectivity index (χ4v) is 5.71. The summed E-state index contributed by atoms with van der Waals surface area (Å²) in [6.45, 7) is 0. The van der Waals surface area contributed by atoms with E-state index in [2.05, 4.69) is 15.4 Å². The number of aromatic nitrogens is 2. The predicted octanol–water partition coefficient (Wildman–Crippen LogP) is 5.61. The number of nitrogens with zero attached hydrogens (tertiary/aromatic N) is 3. The molecule has 0 unspecified atom stereocenters. The number of carbonyl (C=O) groups excluding carboxylic acids is 1. The van der Waals surface area contributed by atoms with Gasteiger partial charge in [-0.25, -0.2) is 4.79 Å². The number of benzene rings is 3. The minimum atomic E-state index is -0.599. The quantitative estimate of drug-likeness (QED) is 0.0812. The van der Waals surface area contributed by atoms with Gasteiger partial charge in [-0.3, -0.25) is 0 Å². The van der Waals surface area contributed by atoms with Gasteiger partial charge in [0.25, 0.3) is 0 Å². The molecule has 0 aliphatic carbocycles. The highest BCUT2D eigenvalue weighted by atomic mass is 32.2. The molecule has 0 saturated carbocycles. The van der Waals surface area contributed by atoms with Crippen LogP contribution in [0.15, 0.2) is 64.1 Å². The van der Waals surface area contributed by atoms with Crippen molar-refractivity contribution in [2.24, 2.45) is 5.16 Å². The van der Waals surface area contributed by atoms with E-state index in [1.54, 1.807) is 69.9 Å².